The molecule has 0 spiro atoms. The number of aromatic nitrogens is 3. The molecule has 6 heteroatoms. The molecule has 1 aliphatic rings. The molecule has 1 saturated carbocycles. The van der Waals surface area contributed by atoms with Crippen molar-refractivity contribution in [1.29, 1.82) is 0 Å². The van der Waals surface area contributed by atoms with Gasteiger partial charge in [-0.05, 0) is 50.8 Å². The first kappa shape index (κ1) is 16.4. The molecule has 5 nitrogen and oxygen atoms in total. The van der Waals surface area contributed by atoms with Gasteiger partial charge in [0.1, 0.15) is 5.65 Å². The Balaban J connectivity index is 2.33. The molecule has 0 aliphatic heterocycles. The van der Waals surface area contributed by atoms with E-state index in [1.165, 1.54) is 0 Å². The van der Waals surface area contributed by atoms with Crippen LogP contribution in [0.25, 0.3) is 11.0 Å². The fourth-order valence-electron chi connectivity index (χ4n) is 3.64. The Morgan fingerprint density at radius 2 is 2.13 bits per heavy atom. The van der Waals surface area contributed by atoms with Crippen molar-refractivity contribution in [2.24, 2.45) is 0 Å². The summed E-state index contributed by atoms with van der Waals surface area (Å²) >= 11 is 5.99. The van der Waals surface area contributed by atoms with Gasteiger partial charge in [0.2, 0.25) is 5.28 Å². The maximum atomic E-state index is 13.2. The topological polar surface area (TPSA) is 57.0 Å². The van der Waals surface area contributed by atoms with Crippen molar-refractivity contribution in [1.82, 2.24) is 14.5 Å². The van der Waals surface area contributed by atoms with E-state index >= 15 is 0 Å². The molecule has 1 aliphatic carbocycles. The molecule has 1 unspecified atom stereocenters. The van der Waals surface area contributed by atoms with E-state index in [2.05, 4.69) is 9.97 Å². The monoisotopic (exact) mass is 335 g/mol. The highest BCUT2D eigenvalue weighted by atomic mass is 35.5. The summed E-state index contributed by atoms with van der Waals surface area (Å²) in [5, 5.41) is 1.05. The van der Waals surface area contributed by atoms with E-state index in [1.54, 1.807) is 6.20 Å². The molecule has 0 bridgehead atoms. The van der Waals surface area contributed by atoms with Gasteiger partial charge in [0.15, 0.2) is 0 Å². The number of nitrogens with zero attached hydrogens (tertiary/aromatic N) is 3. The van der Waals surface area contributed by atoms with E-state index in [9.17, 15) is 4.79 Å². The van der Waals surface area contributed by atoms with E-state index in [-0.39, 0.29) is 23.0 Å². The zero-order valence-corrected chi connectivity index (χ0v) is 14.6. The number of aryl methyl sites for hydroxylation is 1. The largest absolute Gasteiger partial charge is 0.374 e. The highest BCUT2D eigenvalue weighted by molar-refractivity contribution is 6.28. The van der Waals surface area contributed by atoms with E-state index in [1.807, 2.05) is 25.3 Å². The van der Waals surface area contributed by atoms with Gasteiger partial charge in [-0.15, -0.1) is 0 Å². The lowest BCUT2D eigenvalue weighted by Crippen LogP contribution is -2.30. The number of ether oxygens (including phenoxy) is 1. The van der Waals surface area contributed by atoms with Gasteiger partial charge in [-0.1, -0.05) is 12.8 Å². The first-order valence-corrected chi connectivity index (χ1v) is 8.61. The van der Waals surface area contributed by atoms with Crippen LogP contribution < -0.4 is 5.56 Å². The Kier molecular flexibility index (Phi) is 4.69. The molecule has 1 atom stereocenters. The van der Waals surface area contributed by atoms with Gasteiger partial charge in [0, 0.05) is 29.8 Å². The minimum absolute atomic E-state index is 0.00221. The second-order valence-electron chi connectivity index (χ2n) is 6.13. The van der Waals surface area contributed by atoms with Crippen LogP contribution in [0.15, 0.2) is 11.0 Å². The van der Waals surface area contributed by atoms with Gasteiger partial charge in [-0.3, -0.25) is 9.36 Å². The van der Waals surface area contributed by atoms with Crippen molar-refractivity contribution in [2.45, 2.75) is 58.6 Å². The Morgan fingerprint density at radius 1 is 1.43 bits per heavy atom. The first-order valence-electron chi connectivity index (χ1n) is 8.23. The zero-order chi connectivity index (χ0) is 16.6. The van der Waals surface area contributed by atoms with E-state index in [4.69, 9.17) is 16.3 Å². The molecule has 0 amide bonds. The molecule has 0 aromatic carbocycles. The predicted molar refractivity (Wildman–Crippen MR) is 91.1 cm³/mol. The van der Waals surface area contributed by atoms with Gasteiger partial charge < -0.3 is 4.74 Å². The lowest BCUT2D eigenvalue weighted by Gasteiger charge is -2.22. The number of rotatable bonds is 4. The summed E-state index contributed by atoms with van der Waals surface area (Å²) in [4.78, 5) is 21.7. The SMILES string of the molecule is CCOC(C)c1c(C)c2cnc(Cl)nc2n(C2CCCC2)c1=O. The Morgan fingerprint density at radius 3 is 2.78 bits per heavy atom. The summed E-state index contributed by atoms with van der Waals surface area (Å²) in [5.41, 5.74) is 2.23. The molecule has 0 N–H and O–H groups in total. The van der Waals surface area contributed by atoms with Gasteiger partial charge in [0.05, 0.1) is 6.10 Å². The maximum absolute atomic E-state index is 13.2. The summed E-state index contributed by atoms with van der Waals surface area (Å²) in [6, 6.07) is 0.184. The van der Waals surface area contributed by atoms with Crippen LogP contribution in [0.1, 0.15) is 62.8 Å². The smallest absolute Gasteiger partial charge is 0.258 e. The number of fused-ring (bicyclic) bond motifs is 1. The molecule has 124 valence electrons. The minimum Gasteiger partial charge on any atom is -0.374 e. The molecule has 2 aromatic rings. The lowest BCUT2D eigenvalue weighted by molar-refractivity contribution is 0.0746. The molecule has 2 heterocycles. The molecule has 0 radical (unpaired) electrons. The number of hydrogen-bond acceptors (Lipinski definition) is 4. The minimum atomic E-state index is -0.250. The van der Waals surface area contributed by atoms with Gasteiger partial charge in [0.25, 0.3) is 5.56 Å². The maximum Gasteiger partial charge on any atom is 0.258 e. The molecule has 2 aromatic heterocycles. The van der Waals surface area contributed by atoms with Crippen LogP contribution in [0.2, 0.25) is 5.28 Å². The zero-order valence-electron chi connectivity index (χ0n) is 13.8. The fraction of sp³-hybridized carbons (Fsp3) is 0.588. The summed E-state index contributed by atoms with van der Waals surface area (Å²) in [7, 11) is 0. The number of pyridine rings is 1. The number of halogens is 1. The summed E-state index contributed by atoms with van der Waals surface area (Å²) in [6.07, 6.45) is 5.75. The first-order chi connectivity index (χ1) is 11.0. The van der Waals surface area contributed by atoms with E-state index in [0.717, 1.165) is 36.6 Å². The fourth-order valence-corrected chi connectivity index (χ4v) is 3.77. The molecule has 3 rings (SSSR count). The van der Waals surface area contributed by atoms with E-state index < -0.39 is 0 Å². The van der Waals surface area contributed by atoms with Gasteiger partial charge in [-0.2, -0.15) is 4.98 Å². The third-order valence-corrected chi connectivity index (χ3v) is 4.92. The predicted octanol–water partition coefficient (Wildman–Crippen LogP) is 3.97. The summed E-state index contributed by atoms with van der Waals surface area (Å²) in [6.45, 7) is 6.36. The molecule has 0 saturated heterocycles. The second-order valence-corrected chi connectivity index (χ2v) is 6.46. The van der Waals surface area contributed by atoms with Crippen molar-refractivity contribution < 1.29 is 4.74 Å². The van der Waals surface area contributed by atoms with Crippen molar-refractivity contribution >= 4 is 22.6 Å². The molecule has 1 fully saturated rings. The van der Waals surface area contributed by atoms with Crippen molar-refractivity contribution in [2.75, 3.05) is 6.61 Å². The lowest BCUT2D eigenvalue weighted by atomic mass is 10.0. The van der Waals surface area contributed by atoms with Crippen LogP contribution in [-0.2, 0) is 4.74 Å². The summed E-state index contributed by atoms with van der Waals surface area (Å²) in [5.74, 6) is 0. The Labute approximate surface area is 140 Å². The summed E-state index contributed by atoms with van der Waals surface area (Å²) < 4.78 is 7.53. The van der Waals surface area contributed by atoms with Crippen molar-refractivity contribution in [3.63, 3.8) is 0 Å². The van der Waals surface area contributed by atoms with E-state index in [0.29, 0.717) is 17.8 Å². The van der Waals surface area contributed by atoms with Crippen LogP contribution in [0.5, 0.6) is 0 Å². The van der Waals surface area contributed by atoms with Crippen LogP contribution in [0.4, 0.5) is 0 Å². The molecular formula is C17H22ClN3O2. The highest BCUT2D eigenvalue weighted by Crippen LogP contribution is 2.33. The van der Waals surface area contributed by atoms with Gasteiger partial charge >= 0.3 is 0 Å². The normalized spacial score (nSPS) is 17.0. The number of hydrogen-bond donors (Lipinski definition) is 0. The third kappa shape index (κ3) is 2.88. The van der Waals surface area contributed by atoms with Crippen LogP contribution in [0, 0.1) is 6.92 Å². The Bertz CT molecular complexity index is 781. The average molecular weight is 336 g/mol. The third-order valence-electron chi connectivity index (χ3n) is 4.74. The quantitative estimate of drug-likeness (QED) is 0.793. The van der Waals surface area contributed by atoms with Crippen LogP contribution in [0.3, 0.4) is 0 Å². The molecular weight excluding hydrogens is 314 g/mol. The van der Waals surface area contributed by atoms with Crippen LogP contribution in [-0.4, -0.2) is 21.1 Å². The average Bonchev–Trinajstić information content (AvgIpc) is 3.01. The molecule has 23 heavy (non-hydrogen) atoms. The van der Waals surface area contributed by atoms with Gasteiger partial charge in [-0.25, -0.2) is 4.98 Å². The highest BCUT2D eigenvalue weighted by Gasteiger charge is 2.26. The van der Waals surface area contributed by atoms with Crippen molar-refractivity contribution in [3.8, 4) is 0 Å². The standard InChI is InChI=1S/C17H22ClN3O2/c1-4-23-11(3)14-10(2)13-9-19-17(18)20-15(13)21(16(14)22)12-7-5-6-8-12/h9,11-12H,4-8H2,1-3H3. The van der Waals surface area contributed by atoms with Crippen LogP contribution >= 0.6 is 11.6 Å². The Hall–Kier alpha value is -1.46. The van der Waals surface area contributed by atoms with Crippen molar-refractivity contribution in [3.05, 3.63) is 33.0 Å². The second kappa shape index (κ2) is 6.57.